The summed E-state index contributed by atoms with van der Waals surface area (Å²) < 4.78 is 0. The maximum atomic E-state index is 6.33. The van der Waals surface area contributed by atoms with Crippen molar-refractivity contribution >= 4 is 0 Å². The quantitative estimate of drug-likeness (QED) is 0.762. The molecule has 0 radical (unpaired) electrons. The molecule has 2 atom stereocenters. The van der Waals surface area contributed by atoms with Gasteiger partial charge in [-0.2, -0.15) is 0 Å². The van der Waals surface area contributed by atoms with Crippen LogP contribution >= 0.6 is 0 Å². The predicted molar refractivity (Wildman–Crippen MR) is 66.9 cm³/mol. The highest BCUT2D eigenvalue weighted by Gasteiger charge is 2.41. The molecule has 2 heteroatoms. The van der Waals surface area contributed by atoms with Gasteiger partial charge in [-0.1, -0.05) is 34.6 Å². The zero-order valence-corrected chi connectivity index (χ0v) is 11.3. The van der Waals surface area contributed by atoms with Crippen LogP contribution in [0.4, 0.5) is 0 Å². The van der Waals surface area contributed by atoms with Crippen molar-refractivity contribution in [2.75, 3.05) is 13.6 Å². The van der Waals surface area contributed by atoms with Gasteiger partial charge in [0, 0.05) is 18.6 Å². The van der Waals surface area contributed by atoms with Gasteiger partial charge in [0.05, 0.1) is 0 Å². The fourth-order valence-corrected chi connectivity index (χ4v) is 2.75. The van der Waals surface area contributed by atoms with E-state index in [1.807, 2.05) is 0 Å². The van der Waals surface area contributed by atoms with Crippen LogP contribution in [0.15, 0.2) is 0 Å². The first kappa shape index (κ1) is 13.0. The average Bonchev–Trinajstić information content (AvgIpc) is 2.24. The average molecular weight is 212 g/mol. The predicted octanol–water partition coefficient (Wildman–Crippen LogP) is 2.48. The summed E-state index contributed by atoms with van der Waals surface area (Å²) in [5, 5.41) is 0. The van der Waals surface area contributed by atoms with Crippen molar-refractivity contribution in [2.24, 2.45) is 16.6 Å². The van der Waals surface area contributed by atoms with E-state index in [9.17, 15) is 0 Å². The van der Waals surface area contributed by atoms with Crippen molar-refractivity contribution in [1.82, 2.24) is 4.90 Å². The summed E-state index contributed by atoms with van der Waals surface area (Å²) in [6.45, 7) is 12.6. The molecule has 1 saturated carbocycles. The van der Waals surface area contributed by atoms with E-state index >= 15 is 0 Å². The molecular weight excluding hydrogens is 184 g/mol. The Morgan fingerprint density at radius 1 is 1.33 bits per heavy atom. The van der Waals surface area contributed by atoms with Crippen LogP contribution in [0.2, 0.25) is 0 Å². The number of nitrogens with zero attached hydrogens (tertiary/aromatic N) is 1. The van der Waals surface area contributed by atoms with Gasteiger partial charge in [0.2, 0.25) is 0 Å². The number of hydrogen-bond donors (Lipinski definition) is 1. The molecule has 0 amide bonds. The first-order valence-corrected chi connectivity index (χ1v) is 6.09. The molecule has 0 aliphatic heterocycles. The van der Waals surface area contributed by atoms with Crippen LogP contribution in [0.5, 0.6) is 0 Å². The Morgan fingerprint density at radius 3 is 2.20 bits per heavy atom. The van der Waals surface area contributed by atoms with Crippen molar-refractivity contribution in [1.29, 1.82) is 0 Å². The maximum absolute atomic E-state index is 6.33. The molecular formula is C13H28N2. The number of hydrogen-bond acceptors (Lipinski definition) is 2. The van der Waals surface area contributed by atoms with E-state index in [4.69, 9.17) is 5.73 Å². The Hall–Kier alpha value is -0.0800. The summed E-state index contributed by atoms with van der Waals surface area (Å²) in [5.41, 5.74) is 7.01. The van der Waals surface area contributed by atoms with Crippen LogP contribution in [0.25, 0.3) is 0 Å². The van der Waals surface area contributed by atoms with Gasteiger partial charge in [-0.05, 0) is 30.7 Å². The zero-order chi connectivity index (χ0) is 11.9. The van der Waals surface area contributed by atoms with Gasteiger partial charge in [0.15, 0.2) is 0 Å². The largest absolute Gasteiger partial charge is 0.326 e. The smallest absolute Gasteiger partial charge is 0.0249 e. The van der Waals surface area contributed by atoms with E-state index in [1.54, 1.807) is 0 Å². The van der Waals surface area contributed by atoms with E-state index in [0.29, 0.717) is 22.9 Å². The second kappa shape index (κ2) is 4.06. The Balaban J connectivity index is 2.59. The van der Waals surface area contributed by atoms with E-state index < -0.39 is 0 Å². The number of likely N-dealkylation sites (N-methyl/N-ethyl adjacent to an activating group) is 1. The van der Waals surface area contributed by atoms with Crippen molar-refractivity contribution in [3.8, 4) is 0 Å². The molecule has 90 valence electrons. The molecule has 1 rings (SSSR count). The Kier molecular flexibility index (Phi) is 3.52. The van der Waals surface area contributed by atoms with E-state index in [0.717, 1.165) is 6.54 Å². The molecule has 0 aromatic rings. The molecule has 2 N–H and O–H groups in total. The molecule has 0 spiro atoms. The Morgan fingerprint density at radius 2 is 1.87 bits per heavy atom. The second-order valence-corrected chi connectivity index (χ2v) is 7.10. The van der Waals surface area contributed by atoms with Crippen molar-refractivity contribution in [3.63, 3.8) is 0 Å². The van der Waals surface area contributed by atoms with Crippen LogP contribution in [0.1, 0.15) is 47.5 Å². The highest BCUT2D eigenvalue weighted by Crippen LogP contribution is 2.38. The van der Waals surface area contributed by atoms with Crippen molar-refractivity contribution in [3.05, 3.63) is 0 Å². The molecule has 0 heterocycles. The van der Waals surface area contributed by atoms with E-state index in [2.05, 4.69) is 46.6 Å². The van der Waals surface area contributed by atoms with Gasteiger partial charge in [0.1, 0.15) is 0 Å². The third kappa shape index (κ3) is 3.18. The molecule has 2 nitrogen and oxygen atoms in total. The standard InChI is InChI=1S/C13H28N2/c1-12(2,3)9-15(6)10-7-8-13(4,5)11(10)14/h10-11H,7-9,14H2,1-6H3. The van der Waals surface area contributed by atoms with Gasteiger partial charge in [-0.25, -0.2) is 0 Å². The fraction of sp³-hybridized carbons (Fsp3) is 1.00. The third-order valence-corrected chi connectivity index (χ3v) is 3.69. The topological polar surface area (TPSA) is 29.3 Å². The Labute approximate surface area is 95.2 Å². The maximum Gasteiger partial charge on any atom is 0.0249 e. The molecule has 15 heavy (non-hydrogen) atoms. The van der Waals surface area contributed by atoms with Crippen LogP contribution in [0.3, 0.4) is 0 Å². The minimum absolute atomic E-state index is 0.316. The van der Waals surface area contributed by atoms with Crippen LogP contribution < -0.4 is 5.73 Å². The van der Waals surface area contributed by atoms with E-state index in [-0.39, 0.29) is 0 Å². The molecule has 1 aliphatic carbocycles. The molecule has 0 bridgehead atoms. The summed E-state index contributed by atoms with van der Waals surface area (Å²) in [5.74, 6) is 0. The van der Waals surface area contributed by atoms with Crippen molar-refractivity contribution in [2.45, 2.75) is 59.5 Å². The molecule has 0 aromatic carbocycles. The lowest BCUT2D eigenvalue weighted by atomic mass is 9.86. The highest BCUT2D eigenvalue weighted by atomic mass is 15.2. The first-order valence-electron chi connectivity index (χ1n) is 6.09. The first-order chi connectivity index (χ1) is 6.63. The molecule has 1 aliphatic rings. The molecule has 1 fully saturated rings. The molecule has 0 saturated heterocycles. The molecule has 2 unspecified atom stereocenters. The fourth-order valence-electron chi connectivity index (χ4n) is 2.75. The minimum Gasteiger partial charge on any atom is -0.326 e. The van der Waals surface area contributed by atoms with Gasteiger partial charge in [0.25, 0.3) is 0 Å². The third-order valence-electron chi connectivity index (χ3n) is 3.69. The van der Waals surface area contributed by atoms with Gasteiger partial charge >= 0.3 is 0 Å². The number of rotatable bonds is 2. The number of nitrogens with two attached hydrogens (primary N) is 1. The van der Waals surface area contributed by atoms with Crippen LogP contribution in [-0.2, 0) is 0 Å². The monoisotopic (exact) mass is 212 g/mol. The lowest BCUT2D eigenvalue weighted by molar-refractivity contribution is 0.148. The molecule has 0 aromatic heterocycles. The van der Waals surface area contributed by atoms with E-state index in [1.165, 1.54) is 12.8 Å². The summed E-state index contributed by atoms with van der Waals surface area (Å²) in [4.78, 5) is 2.46. The lowest BCUT2D eigenvalue weighted by Gasteiger charge is -2.36. The lowest BCUT2D eigenvalue weighted by Crippen LogP contribution is -2.49. The normalized spacial score (nSPS) is 31.2. The minimum atomic E-state index is 0.316. The van der Waals surface area contributed by atoms with Gasteiger partial charge < -0.3 is 10.6 Å². The van der Waals surface area contributed by atoms with Crippen LogP contribution in [-0.4, -0.2) is 30.6 Å². The SMILES string of the molecule is CN(CC(C)(C)C)C1CCC(C)(C)C1N. The van der Waals surface area contributed by atoms with Crippen LogP contribution in [0, 0.1) is 10.8 Å². The highest BCUT2D eigenvalue weighted by molar-refractivity contribution is 4.98. The second-order valence-electron chi connectivity index (χ2n) is 7.10. The van der Waals surface area contributed by atoms with Gasteiger partial charge in [-0.3, -0.25) is 0 Å². The summed E-state index contributed by atoms with van der Waals surface area (Å²) >= 11 is 0. The summed E-state index contributed by atoms with van der Waals surface area (Å²) in [6, 6.07) is 0.893. The van der Waals surface area contributed by atoms with Gasteiger partial charge in [-0.15, -0.1) is 0 Å². The zero-order valence-electron chi connectivity index (χ0n) is 11.3. The Bertz CT molecular complexity index is 215. The summed E-state index contributed by atoms with van der Waals surface area (Å²) in [7, 11) is 2.22. The van der Waals surface area contributed by atoms with Crippen molar-refractivity contribution < 1.29 is 0 Å². The summed E-state index contributed by atoms with van der Waals surface area (Å²) in [6.07, 6.45) is 2.51.